The number of carbonyl (C=O) groups excluding carboxylic acids is 2. The van der Waals surface area contributed by atoms with Gasteiger partial charge in [0.1, 0.15) is 6.61 Å². The first-order valence-corrected chi connectivity index (χ1v) is 5.26. The van der Waals surface area contributed by atoms with Gasteiger partial charge in [-0.3, -0.25) is 0 Å². The minimum atomic E-state index is -1.78. The molecule has 20 heavy (non-hydrogen) atoms. The summed E-state index contributed by atoms with van der Waals surface area (Å²) in [4.78, 5) is 42.6. The lowest BCUT2D eigenvalue weighted by Crippen LogP contribution is -2.35. The lowest BCUT2D eigenvalue weighted by atomic mass is 10.4. The lowest BCUT2D eigenvalue weighted by molar-refractivity contribution is -0.170. The van der Waals surface area contributed by atoms with Gasteiger partial charge in [0.15, 0.2) is 6.61 Å². The third-order valence-corrected chi connectivity index (χ3v) is 1.73. The Bertz CT molecular complexity index is 363. The second kappa shape index (κ2) is 9.69. The number of methoxy groups -OCH3 is 1. The first-order valence-electron chi connectivity index (χ1n) is 5.26. The fourth-order valence-corrected chi connectivity index (χ4v) is 0.911. The summed E-state index contributed by atoms with van der Waals surface area (Å²) in [6.07, 6.45) is -1.78. The smallest absolute Gasteiger partial charge is 0.346 e. The lowest BCUT2D eigenvalue weighted by Gasteiger charge is -2.11. The number of hydrogen-bond acceptors (Lipinski definition) is 8. The SMILES string of the molecule is COC(=O)[C@H](OCCOCC(=O)OCC(=O)O)C(=O)O. The van der Waals surface area contributed by atoms with Crippen LogP contribution in [0.2, 0.25) is 0 Å². The summed E-state index contributed by atoms with van der Waals surface area (Å²) in [7, 11) is 1.01. The molecule has 0 radical (unpaired) electrons. The van der Waals surface area contributed by atoms with E-state index in [9.17, 15) is 19.2 Å². The van der Waals surface area contributed by atoms with Crippen molar-refractivity contribution in [3.05, 3.63) is 0 Å². The Morgan fingerprint density at radius 1 is 1.05 bits per heavy atom. The van der Waals surface area contributed by atoms with Gasteiger partial charge in [-0.1, -0.05) is 0 Å². The van der Waals surface area contributed by atoms with Crippen LogP contribution >= 0.6 is 0 Å². The quantitative estimate of drug-likeness (QED) is 0.271. The molecular formula is C10H14O10. The van der Waals surface area contributed by atoms with Gasteiger partial charge in [0.25, 0.3) is 6.10 Å². The highest BCUT2D eigenvalue weighted by molar-refractivity contribution is 5.96. The van der Waals surface area contributed by atoms with Crippen LogP contribution in [0, 0.1) is 0 Å². The molecule has 10 nitrogen and oxygen atoms in total. The van der Waals surface area contributed by atoms with Crippen molar-refractivity contribution in [1.29, 1.82) is 0 Å². The van der Waals surface area contributed by atoms with Crippen molar-refractivity contribution in [1.82, 2.24) is 0 Å². The summed E-state index contributed by atoms with van der Waals surface area (Å²) in [5.74, 6) is -4.78. The van der Waals surface area contributed by atoms with Crippen molar-refractivity contribution in [2.24, 2.45) is 0 Å². The third kappa shape index (κ3) is 8.00. The number of aliphatic carboxylic acids is 2. The highest BCUT2D eigenvalue weighted by atomic mass is 16.6. The van der Waals surface area contributed by atoms with Crippen molar-refractivity contribution in [2.75, 3.05) is 33.5 Å². The normalized spacial score (nSPS) is 11.4. The molecule has 0 aromatic heterocycles. The molecule has 0 amide bonds. The number of esters is 2. The maximum atomic E-state index is 11.0. The first-order chi connectivity index (χ1) is 9.38. The van der Waals surface area contributed by atoms with Crippen LogP contribution in [-0.2, 0) is 38.1 Å². The van der Waals surface area contributed by atoms with Crippen LogP contribution in [0.3, 0.4) is 0 Å². The Kier molecular flexibility index (Phi) is 8.63. The molecule has 0 heterocycles. The van der Waals surface area contributed by atoms with Gasteiger partial charge in [-0.15, -0.1) is 0 Å². The molecule has 10 heteroatoms. The molecule has 2 N–H and O–H groups in total. The fourth-order valence-electron chi connectivity index (χ4n) is 0.911. The van der Waals surface area contributed by atoms with E-state index in [0.717, 1.165) is 7.11 Å². The zero-order chi connectivity index (χ0) is 15.5. The zero-order valence-corrected chi connectivity index (χ0v) is 10.6. The average molecular weight is 294 g/mol. The van der Waals surface area contributed by atoms with Crippen molar-refractivity contribution >= 4 is 23.9 Å². The van der Waals surface area contributed by atoms with E-state index in [0.29, 0.717) is 0 Å². The van der Waals surface area contributed by atoms with E-state index in [1.807, 2.05) is 0 Å². The monoisotopic (exact) mass is 294 g/mol. The van der Waals surface area contributed by atoms with E-state index in [-0.39, 0.29) is 13.2 Å². The zero-order valence-electron chi connectivity index (χ0n) is 10.6. The van der Waals surface area contributed by atoms with Crippen molar-refractivity contribution in [2.45, 2.75) is 6.10 Å². The molecule has 0 spiro atoms. The molecule has 0 saturated heterocycles. The minimum Gasteiger partial charge on any atom is -0.479 e. The topological polar surface area (TPSA) is 146 Å². The van der Waals surface area contributed by atoms with Crippen molar-refractivity contribution in [3.8, 4) is 0 Å². The Morgan fingerprint density at radius 2 is 1.70 bits per heavy atom. The van der Waals surface area contributed by atoms with E-state index >= 15 is 0 Å². The van der Waals surface area contributed by atoms with Crippen molar-refractivity contribution < 1.29 is 48.3 Å². The molecule has 0 unspecified atom stereocenters. The van der Waals surface area contributed by atoms with E-state index in [1.165, 1.54) is 0 Å². The Hall–Kier alpha value is -2.20. The fraction of sp³-hybridized carbons (Fsp3) is 0.600. The van der Waals surface area contributed by atoms with Crippen LogP contribution in [0.15, 0.2) is 0 Å². The van der Waals surface area contributed by atoms with Crippen LogP contribution in [0.4, 0.5) is 0 Å². The summed E-state index contributed by atoms with van der Waals surface area (Å²) in [6.45, 7) is -1.77. The maximum absolute atomic E-state index is 11.0. The standard InChI is InChI=1S/C10H14O10/c1-17-10(16)8(9(14)15)19-3-2-18-5-7(13)20-4-6(11)12/h8H,2-5H2,1H3,(H,11,12)(H,14,15)/t8-/m1/s1. The van der Waals surface area contributed by atoms with Crippen LogP contribution in [0.25, 0.3) is 0 Å². The van der Waals surface area contributed by atoms with Gasteiger partial charge in [0, 0.05) is 0 Å². The molecule has 0 fully saturated rings. The number of carbonyl (C=O) groups is 4. The van der Waals surface area contributed by atoms with Gasteiger partial charge in [-0.05, 0) is 0 Å². The maximum Gasteiger partial charge on any atom is 0.346 e. The van der Waals surface area contributed by atoms with E-state index in [2.05, 4.69) is 9.47 Å². The summed E-state index contributed by atoms with van der Waals surface area (Å²) in [5, 5.41) is 16.9. The molecule has 0 rings (SSSR count). The van der Waals surface area contributed by atoms with E-state index in [1.54, 1.807) is 0 Å². The number of rotatable bonds is 10. The average Bonchev–Trinajstić information content (AvgIpc) is 2.39. The van der Waals surface area contributed by atoms with Gasteiger partial charge in [0.05, 0.1) is 20.3 Å². The minimum absolute atomic E-state index is 0.192. The van der Waals surface area contributed by atoms with Gasteiger partial charge >= 0.3 is 23.9 Å². The number of ether oxygens (including phenoxy) is 4. The summed E-state index contributed by atoms with van der Waals surface area (Å²) in [5.41, 5.74) is 0. The van der Waals surface area contributed by atoms with Gasteiger partial charge < -0.3 is 29.2 Å². The number of carboxylic acids is 2. The molecule has 114 valence electrons. The van der Waals surface area contributed by atoms with Gasteiger partial charge in [-0.2, -0.15) is 0 Å². The summed E-state index contributed by atoms with van der Waals surface area (Å²) in [6, 6.07) is 0. The molecule has 0 bridgehead atoms. The summed E-state index contributed by atoms with van der Waals surface area (Å²) < 4.78 is 17.9. The predicted octanol–water partition coefficient (Wildman–Crippen LogP) is -1.73. The molecule has 0 aromatic rings. The molecule has 0 aliphatic heterocycles. The van der Waals surface area contributed by atoms with Crippen LogP contribution in [-0.4, -0.2) is 73.7 Å². The van der Waals surface area contributed by atoms with Crippen LogP contribution in [0.5, 0.6) is 0 Å². The first kappa shape index (κ1) is 17.8. The summed E-state index contributed by atoms with van der Waals surface area (Å²) >= 11 is 0. The Morgan fingerprint density at radius 3 is 2.20 bits per heavy atom. The Balaban J connectivity index is 3.79. The molecule has 0 saturated carbocycles. The third-order valence-electron chi connectivity index (χ3n) is 1.73. The van der Waals surface area contributed by atoms with Gasteiger partial charge in [-0.25, -0.2) is 19.2 Å². The van der Waals surface area contributed by atoms with Crippen molar-refractivity contribution in [3.63, 3.8) is 0 Å². The molecule has 0 aromatic carbocycles. The molecular weight excluding hydrogens is 280 g/mol. The second-order valence-electron chi connectivity index (χ2n) is 3.22. The predicted molar refractivity (Wildman–Crippen MR) is 58.8 cm³/mol. The number of carboxylic acid groups (broad SMARTS) is 2. The van der Waals surface area contributed by atoms with E-state index < -0.39 is 43.2 Å². The highest BCUT2D eigenvalue weighted by Crippen LogP contribution is 1.96. The second-order valence-corrected chi connectivity index (χ2v) is 3.22. The van der Waals surface area contributed by atoms with Crippen LogP contribution < -0.4 is 0 Å². The molecule has 0 aliphatic carbocycles. The van der Waals surface area contributed by atoms with E-state index in [4.69, 9.17) is 19.7 Å². The molecule has 0 aliphatic rings. The molecule has 1 atom stereocenters. The number of hydrogen-bond donors (Lipinski definition) is 2. The Labute approximate surface area is 113 Å². The highest BCUT2D eigenvalue weighted by Gasteiger charge is 2.27. The van der Waals surface area contributed by atoms with Gasteiger partial charge in [0.2, 0.25) is 0 Å². The largest absolute Gasteiger partial charge is 0.479 e. The van der Waals surface area contributed by atoms with Crippen LogP contribution in [0.1, 0.15) is 0 Å².